The van der Waals surface area contributed by atoms with Gasteiger partial charge in [0.1, 0.15) is 0 Å². The maximum absolute atomic E-state index is 12.9. The second kappa shape index (κ2) is 7.25. The first-order valence-electron chi connectivity index (χ1n) is 8.47. The number of carbonyl (C=O) groups is 1. The van der Waals surface area contributed by atoms with Crippen molar-refractivity contribution in [3.8, 4) is 0 Å². The second-order valence-electron chi connectivity index (χ2n) is 6.36. The van der Waals surface area contributed by atoms with Gasteiger partial charge < -0.3 is 4.42 Å². The molecular weight excluding hydrogens is 398 g/mol. The summed E-state index contributed by atoms with van der Waals surface area (Å²) in [6, 6.07) is 13.9. The molecule has 3 heterocycles. The third-order valence-corrected chi connectivity index (χ3v) is 5.80. The number of hydrogen-bond donors (Lipinski definition) is 1. The van der Waals surface area contributed by atoms with Gasteiger partial charge in [-0.3, -0.25) is 9.52 Å². The van der Waals surface area contributed by atoms with Crippen molar-refractivity contribution in [3.63, 3.8) is 0 Å². The molecule has 0 saturated heterocycles. The summed E-state index contributed by atoms with van der Waals surface area (Å²) >= 11 is 1.56. The van der Waals surface area contributed by atoms with E-state index in [0.29, 0.717) is 17.8 Å². The van der Waals surface area contributed by atoms with Crippen LogP contribution in [0.5, 0.6) is 0 Å². The standard InChI is InChI=1S/C19H17N3O4S2/c1-28(24,25)21-14-6-2-5-13(11-14)15-12-16(18-8-4-10-27-18)22(20-15)19(23)17-7-3-9-26-17/h2-11,16,21H,12H2,1H3/t16-/m1/s1. The van der Waals surface area contributed by atoms with Gasteiger partial charge in [-0.2, -0.15) is 5.10 Å². The SMILES string of the molecule is CS(=O)(=O)Nc1cccc(C2=NN(C(=O)c3ccco3)[C@@H](c3cccs3)C2)c1. The number of thiophene rings is 1. The Bertz CT molecular complexity index is 1120. The van der Waals surface area contributed by atoms with Crippen molar-refractivity contribution in [2.24, 2.45) is 5.10 Å². The Morgan fingerprint density at radius 3 is 2.79 bits per heavy atom. The Kier molecular flexibility index (Phi) is 4.78. The van der Waals surface area contributed by atoms with Crippen LogP contribution in [0, 0.1) is 0 Å². The molecule has 0 spiro atoms. The van der Waals surface area contributed by atoms with E-state index in [2.05, 4.69) is 9.82 Å². The van der Waals surface area contributed by atoms with Crippen LogP contribution in [0.15, 0.2) is 69.7 Å². The minimum atomic E-state index is -3.38. The van der Waals surface area contributed by atoms with Crippen LogP contribution < -0.4 is 4.72 Å². The lowest BCUT2D eigenvalue weighted by atomic mass is 10.0. The average Bonchev–Trinajstić information content (AvgIpc) is 3.40. The number of benzene rings is 1. The van der Waals surface area contributed by atoms with E-state index in [1.807, 2.05) is 23.6 Å². The van der Waals surface area contributed by atoms with Crippen molar-refractivity contribution in [2.75, 3.05) is 11.0 Å². The van der Waals surface area contributed by atoms with E-state index >= 15 is 0 Å². The van der Waals surface area contributed by atoms with E-state index in [-0.39, 0.29) is 17.7 Å². The van der Waals surface area contributed by atoms with E-state index in [1.165, 1.54) is 11.3 Å². The molecular formula is C19H17N3O4S2. The fourth-order valence-electron chi connectivity index (χ4n) is 3.06. The van der Waals surface area contributed by atoms with Crippen molar-refractivity contribution in [1.82, 2.24) is 5.01 Å². The molecule has 0 unspecified atom stereocenters. The molecule has 0 aliphatic carbocycles. The third-order valence-electron chi connectivity index (χ3n) is 4.22. The minimum Gasteiger partial charge on any atom is -0.459 e. The summed E-state index contributed by atoms with van der Waals surface area (Å²) in [5, 5.41) is 7.96. The maximum Gasteiger partial charge on any atom is 0.310 e. The monoisotopic (exact) mass is 415 g/mol. The molecule has 7 nitrogen and oxygen atoms in total. The summed E-state index contributed by atoms with van der Waals surface area (Å²) in [4.78, 5) is 13.9. The van der Waals surface area contributed by atoms with E-state index in [4.69, 9.17) is 4.42 Å². The third kappa shape index (κ3) is 3.85. The first kappa shape index (κ1) is 18.5. The molecule has 1 aliphatic rings. The molecule has 0 radical (unpaired) electrons. The summed E-state index contributed by atoms with van der Waals surface area (Å²) < 4.78 is 30.7. The number of rotatable bonds is 5. The summed E-state index contributed by atoms with van der Waals surface area (Å²) in [5.74, 6) is -0.0946. The van der Waals surface area contributed by atoms with Gasteiger partial charge in [0.05, 0.1) is 24.3 Å². The smallest absolute Gasteiger partial charge is 0.310 e. The zero-order valence-corrected chi connectivity index (χ0v) is 16.5. The molecule has 1 aromatic carbocycles. The number of furan rings is 1. The van der Waals surface area contributed by atoms with Gasteiger partial charge in [0.25, 0.3) is 0 Å². The molecule has 1 aliphatic heterocycles. The van der Waals surface area contributed by atoms with Crippen molar-refractivity contribution in [1.29, 1.82) is 0 Å². The van der Waals surface area contributed by atoms with E-state index in [9.17, 15) is 13.2 Å². The Labute approximate surface area is 166 Å². The predicted octanol–water partition coefficient (Wildman–Crippen LogP) is 3.70. The number of nitrogens with one attached hydrogen (secondary N) is 1. The fraction of sp³-hybridized carbons (Fsp3) is 0.158. The van der Waals surface area contributed by atoms with Crippen LogP contribution in [0.3, 0.4) is 0 Å². The van der Waals surface area contributed by atoms with E-state index in [1.54, 1.807) is 41.7 Å². The van der Waals surface area contributed by atoms with E-state index < -0.39 is 10.0 Å². The highest BCUT2D eigenvalue weighted by Crippen LogP contribution is 2.36. The maximum atomic E-state index is 12.9. The van der Waals surface area contributed by atoms with Gasteiger partial charge in [0.15, 0.2) is 5.76 Å². The summed E-state index contributed by atoms with van der Waals surface area (Å²) in [7, 11) is -3.38. The molecule has 2 aromatic heterocycles. The lowest BCUT2D eigenvalue weighted by Gasteiger charge is -2.19. The molecule has 0 saturated carbocycles. The number of amides is 1. The predicted molar refractivity (Wildman–Crippen MR) is 108 cm³/mol. The number of sulfonamides is 1. The van der Waals surface area contributed by atoms with Crippen LogP contribution in [0.4, 0.5) is 5.69 Å². The first-order valence-corrected chi connectivity index (χ1v) is 11.2. The van der Waals surface area contributed by atoms with Crippen LogP contribution in [0.2, 0.25) is 0 Å². The average molecular weight is 415 g/mol. The zero-order chi connectivity index (χ0) is 19.7. The first-order chi connectivity index (χ1) is 13.4. The Morgan fingerprint density at radius 2 is 2.11 bits per heavy atom. The lowest BCUT2D eigenvalue weighted by Crippen LogP contribution is -2.26. The molecule has 1 atom stereocenters. The second-order valence-corrected chi connectivity index (χ2v) is 9.09. The van der Waals surface area contributed by atoms with Crippen molar-refractivity contribution >= 4 is 38.7 Å². The van der Waals surface area contributed by atoms with Crippen molar-refractivity contribution < 1.29 is 17.6 Å². The molecule has 1 N–H and O–H groups in total. The quantitative estimate of drug-likeness (QED) is 0.688. The molecule has 144 valence electrons. The minimum absolute atomic E-state index is 0.221. The molecule has 0 bridgehead atoms. The number of anilines is 1. The van der Waals surface area contributed by atoms with Gasteiger partial charge in [-0.05, 0) is 41.3 Å². The van der Waals surface area contributed by atoms with Crippen LogP contribution in [-0.4, -0.2) is 31.3 Å². The summed E-state index contributed by atoms with van der Waals surface area (Å²) in [6.45, 7) is 0. The van der Waals surface area contributed by atoms with Crippen LogP contribution in [0.1, 0.15) is 33.5 Å². The number of carbonyl (C=O) groups excluding carboxylic acids is 1. The molecule has 4 rings (SSSR count). The van der Waals surface area contributed by atoms with Gasteiger partial charge in [0, 0.05) is 17.0 Å². The Hall–Kier alpha value is -2.91. The molecule has 9 heteroatoms. The summed E-state index contributed by atoms with van der Waals surface area (Å²) in [5.41, 5.74) is 1.91. The Morgan fingerprint density at radius 1 is 1.25 bits per heavy atom. The highest BCUT2D eigenvalue weighted by atomic mass is 32.2. The number of hydrogen-bond acceptors (Lipinski definition) is 6. The highest BCUT2D eigenvalue weighted by Gasteiger charge is 2.35. The summed E-state index contributed by atoms with van der Waals surface area (Å²) in [6.07, 6.45) is 3.08. The van der Waals surface area contributed by atoms with Crippen LogP contribution >= 0.6 is 11.3 Å². The molecule has 1 amide bonds. The van der Waals surface area contributed by atoms with Crippen LogP contribution in [-0.2, 0) is 10.0 Å². The van der Waals surface area contributed by atoms with Crippen molar-refractivity contribution in [2.45, 2.75) is 12.5 Å². The van der Waals surface area contributed by atoms with Gasteiger partial charge in [-0.15, -0.1) is 11.3 Å². The highest BCUT2D eigenvalue weighted by molar-refractivity contribution is 7.92. The molecule has 0 fully saturated rings. The number of nitrogens with zero attached hydrogens (tertiary/aromatic N) is 2. The Balaban J connectivity index is 1.69. The largest absolute Gasteiger partial charge is 0.459 e. The van der Waals surface area contributed by atoms with Gasteiger partial charge in [-0.25, -0.2) is 13.4 Å². The normalized spacial score (nSPS) is 16.8. The van der Waals surface area contributed by atoms with Gasteiger partial charge in [-0.1, -0.05) is 18.2 Å². The van der Waals surface area contributed by atoms with Crippen molar-refractivity contribution in [3.05, 3.63) is 76.4 Å². The van der Waals surface area contributed by atoms with Crippen LogP contribution in [0.25, 0.3) is 0 Å². The topological polar surface area (TPSA) is 92.0 Å². The molecule has 3 aromatic rings. The van der Waals surface area contributed by atoms with E-state index in [0.717, 1.165) is 16.7 Å². The van der Waals surface area contributed by atoms with Gasteiger partial charge in [0.2, 0.25) is 10.0 Å². The fourth-order valence-corrected chi connectivity index (χ4v) is 4.43. The molecule has 28 heavy (non-hydrogen) atoms. The number of hydrazone groups is 1. The lowest BCUT2D eigenvalue weighted by molar-refractivity contribution is 0.0681. The zero-order valence-electron chi connectivity index (χ0n) is 14.9. The van der Waals surface area contributed by atoms with Gasteiger partial charge >= 0.3 is 5.91 Å².